The van der Waals surface area contributed by atoms with Crippen LogP contribution in [-0.4, -0.2) is 40.3 Å². The number of nitrogens with one attached hydrogen (secondary N) is 1. The number of hydrogen-bond acceptors (Lipinski definition) is 3. The molecule has 32 heavy (non-hydrogen) atoms. The first-order valence-corrected chi connectivity index (χ1v) is 11.0. The lowest BCUT2D eigenvalue weighted by Crippen LogP contribution is -2.45. The number of carbonyl (C=O) groups excluding carboxylic acids is 1. The molecule has 0 radical (unpaired) electrons. The number of benzene rings is 3. The van der Waals surface area contributed by atoms with Crippen LogP contribution in [0.4, 0.5) is 4.79 Å². The zero-order valence-corrected chi connectivity index (χ0v) is 17.8. The van der Waals surface area contributed by atoms with Crippen molar-refractivity contribution in [3.05, 3.63) is 96.1 Å². The third kappa shape index (κ3) is 3.99. The summed E-state index contributed by atoms with van der Waals surface area (Å²) in [5, 5.41) is 12.1. The van der Waals surface area contributed by atoms with Gasteiger partial charge in [0.25, 0.3) is 0 Å². The first kappa shape index (κ1) is 20.3. The van der Waals surface area contributed by atoms with E-state index < -0.39 is 6.10 Å². The molecule has 0 saturated carbocycles. The van der Waals surface area contributed by atoms with Gasteiger partial charge in [-0.25, -0.2) is 4.79 Å². The Morgan fingerprint density at radius 1 is 0.969 bits per heavy atom. The van der Waals surface area contributed by atoms with Crippen LogP contribution in [0.5, 0.6) is 0 Å². The van der Waals surface area contributed by atoms with Gasteiger partial charge in [0.15, 0.2) is 0 Å². The highest BCUT2D eigenvalue weighted by molar-refractivity contribution is 5.91. The van der Waals surface area contributed by atoms with Crippen molar-refractivity contribution >= 4 is 17.0 Å². The Morgan fingerprint density at radius 3 is 2.44 bits per heavy atom. The molecule has 1 saturated heterocycles. The number of aromatic amines is 1. The maximum atomic E-state index is 12.8. The lowest BCUT2D eigenvalue weighted by Gasteiger charge is -2.36. The van der Waals surface area contributed by atoms with Crippen LogP contribution in [0.25, 0.3) is 22.2 Å². The number of para-hydroxylation sites is 1. The highest BCUT2D eigenvalue weighted by Gasteiger charge is 2.35. The summed E-state index contributed by atoms with van der Waals surface area (Å²) < 4.78 is 5.57. The molecule has 4 aromatic rings. The first-order valence-electron chi connectivity index (χ1n) is 11.0. The first-order chi connectivity index (χ1) is 15.7. The summed E-state index contributed by atoms with van der Waals surface area (Å²) >= 11 is 0. The maximum absolute atomic E-state index is 12.8. The van der Waals surface area contributed by atoms with Crippen molar-refractivity contribution in [3.8, 4) is 11.3 Å². The van der Waals surface area contributed by atoms with Crippen molar-refractivity contribution in [3.63, 3.8) is 0 Å². The summed E-state index contributed by atoms with van der Waals surface area (Å²) in [6.45, 7) is 1.14. The minimum Gasteiger partial charge on any atom is -0.445 e. The van der Waals surface area contributed by atoms with Gasteiger partial charge in [-0.3, -0.25) is 0 Å². The van der Waals surface area contributed by atoms with Crippen LogP contribution >= 0.6 is 0 Å². The van der Waals surface area contributed by atoms with Crippen LogP contribution in [0.3, 0.4) is 0 Å². The topological polar surface area (TPSA) is 65.6 Å². The van der Waals surface area contributed by atoms with E-state index in [2.05, 4.69) is 23.2 Å². The van der Waals surface area contributed by atoms with Gasteiger partial charge in [-0.1, -0.05) is 78.9 Å². The Labute approximate surface area is 187 Å². The molecule has 0 unspecified atom stereocenters. The molecule has 2 atom stereocenters. The van der Waals surface area contributed by atoms with Crippen molar-refractivity contribution in [1.82, 2.24) is 9.88 Å². The molecule has 1 aromatic heterocycles. The summed E-state index contributed by atoms with van der Waals surface area (Å²) in [5.74, 6) is -0.209. The van der Waals surface area contributed by atoms with Gasteiger partial charge in [0, 0.05) is 29.9 Å². The summed E-state index contributed by atoms with van der Waals surface area (Å²) in [5.41, 5.74) is 5.10. The molecule has 0 bridgehead atoms. The van der Waals surface area contributed by atoms with E-state index in [0.29, 0.717) is 19.5 Å². The number of H-pyrrole nitrogens is 1. The molecule has 0 spiro atoms. The summed E-state index contributed by atoms with van der Waals surface area (Å²) in [4.78, 5) is 18.1. The van der Waals surface area contributed by atoms with Crippen LogP contribution in [-0.2, 0) is 11.3 Å². The summed E-state index contributed by atoms with van der Waals surface area (Å²) in [6, 6.07) is 27.9. The van der Waals surface area contributed by atoms with Crippen LogP contribution < -0.4 is 0 Å². The zero-order chi connectivity index (χ0) is 21.9. The van der Waals surface area contributed by atoms with Gasteiger partial charge in [-0.15, -0.1) is 0 Å². The predicted molar refractivity (Wildman–Crippen MR) is 125 cm³/mol. The standard InChI is InChI=1S/C27H26N2O3/c30-24-15-16-29(27(31)32-18-19-9-3-1-4-10-19)17-22(24)25-21-13-7-8-14-23(21)28-26(25)20-11-5-2-6-12-20/h1-14,22,24,28,30H,15-18H2/t22-,24-/m1/s1. The molecule has 2 N–H and O–H groups in total. The largest absolute Gasteiger partial charge is 0.445 e. The van der Waals surface area contributed by atoms with Gasteiger partial charge in [0.05, 0.1) is 11.8 Å². The molecular weight excluding hydrogens is 400 g/mol. The van der Waals surface area contributed by atoms with Gasteiger partial charge in [0.1, 0.15) is 6.61 Å². The van der Waals surface area contributed by atoms with Crippen LogP contribution in [0.1, 0.15) is 23.5 Å². The van der Waals surface area contributed by atoms with E-state index >= 15 is 0 Å². The van der Waals surface area contributed by atoms with Crippen LogP contribution in [0.2, 0.25) is 0 Å². The Bertz CT molecular complexity index is 1200. The Balaban J connectivity index is 1.44. The third-order valence-corrected chi connectivity index (χ3v) is 6.22. The van der Waals surface area contributed by atoms with Crippen molar-refractivity contribution in [2.24, 2.45) is 0 Å². The SMILES string of the molecule is O=C(OCc1ccccc1)N1CC[C@@H](O)[C@H](c2c(-c3ccccc3)[nH]c3ccccc23)C1. The Hall–Kier alpha value is -3.57. The molecule has 5 nitrogen and oxygen atoms in total. The normalized spacial score (nSPS) is 18.6. The molecule has 3 aromatic carbocycles. The van der Waals surface area contributed by atoms with Crippen molar-refractivity contribution < 1.29 is 14.6 Å². The molecule has 1 aliphatic heterocycles. The van der Waals surface area contributed by atoms with Crippen molar-refractivity contribution in [2.75, 3.05) is 13.1 Å². The molecule has 0 aliphatic carbocycles. The highest BCUT2D eigenvalue weighted by atomic mass is 16.6. The number of rotatable bonds is 4. The molecule has 5 rings (SSSR count). The minimum atomic E-state index is -0.533. The Morgan fingerprint density at radius 2 is 1.66 bits per heavy atom. The van der Waals surface area contributed by atoms with Gasteiger partial charge in [-0.05, 0) is 29.2 Å². The summed E-state index contributed by atoms with van der Waals surface area (Å²) in [6.07, 6.45) is -0.361. The van der Waals surface area contributed by atoms with Gasteiger partial charge in [0.2, 0.25) is 0 Å². The fourth-order valence-electron chi connectivity index (χ4n) is 4.58. The van der Waals surface area contributed by atoms with E-state index in [1.165, 1.54) is 0 Å². The minimum absolute atomic E-state index is 0.209. The zero-order valence-electron chi connectivity index (χ0n) is 17.8. The third-order valence-electron chi connectivity index (χ3n) is 6.22. The molecular formula is C27H26N2O3. The molecule has 1 amide bonds. The number of aliphatic hydroxyl groups is 1. The average Bonchev–Trinajstić information content (AvgIpc) is 3.23. The fourth-order valence-corrected chi connectivity index (χ4v) is 4.58. The maximum Gasteiger partial charge on any atom is 0.410 e. The number of likely N-dealkylation sites (tertiary alicyclic amines) is 1. The number of ether oxygens (including phenoxy) is 1. The quantitative estimate of drug-likeness (QED) is 0.464. The number of amides is 1. The van der Waals surface area contributed by atoms with Gasteiger partial charge in [-0.2, -0.15) is 0 Å². The van der Waals surface area contributed by atoms with Gasteiger partial charge < -0.3 is 19.7 Å². The van der Waals surface area contributed by atoms with E-state index in [4.69, 9.17) is 4.74 Å². The van der Waals surface area contributed by atoms with Crippen molar-refractivity contribution in [1.29, 1.82) is 0 Å². The fraction of sp³-hybridized carbons (Fsp3) is 0.222. The number of nitrogens with zero attached hydrogens (tertiary/aromatic N) is 1. The highest BCUT2D eigenvalue weighted by Crippen LogP contribution is 2.39. The van der Waals surface area contributed by atoms with Crippen molar-refractivity contribution in [2.45, 2.75) is 25.0 Å². The van der Waals surface area contributed by atoms with Crippen LogP contribution in [0.15, 0.2) is 84.9 Å². The molecule has 1 aliphatic rings. The summed E-state index contributed by atoms with van der Waals surface area (Å²) in [7, 11) is 0. The smallest absolute Gasteiger partial charge is 0.410 e. The lowest BCUT2D eigenvalue weighted by atomic mass is 9.85. The van der Waals surface area contributed by atoms with E-state index in [1.54, 1.807) is 4.90 Å². The van der Waals surface area contributed by atoms with E-state index in [1.807, 2.05) is 66.7 Å². The number of carbonyl (C=O) groups is 1. The monoisotopic (exact) mass is 426 g/mol. The number of fused-ring (bicyclic) bond motifs is 1. The van der Waals surface area contributed by atoms with E-state index in [9.17, 15) is 9.90 Å². The number of aromatic nitrogens is 1. The molecule has 162 valence electrons. The average molecular weight is 427 g/mol. The Kier molecular flexibility index (Phi) is 5.65. The molecule has 5 heteroatoms. The second kappa shape index (κ2) is 8.89. The number of hydrogen-bond donors (Lipinski definition) is 2. The lowest BCUT2D eigenvalue weighted by molar-refractivity contribution is 0.0428. The molecule has 2 heterocycles. The number of piperidine rings is 1. The van der Waals surface area contributed by atoms with Crippen LogP contribution in [0, 0.1) is 0 Å². The van der Waals surface area contributed by atoms with E-state index in [-0.39, 0.29) is 18.6 Å². The second-order valence-corrected chi connectivity index (χ2v) is 8.27. The molecule has 1 fully saturated rings. The second-order valence-electron chi connectivity index (χ2n) is 8.27. The van der Waals surface area contributed by atoms with Gasteiger partial charge >= 0.3 is 6.09 Å². The predicted octanol–water partition coefficient (Wildman–Crippen LogP) is 5.32. The number of aliphatic hydroxyl groups excluding tert-OH is 1. The van der Waals surface area contributed by atoms with E-state index in [0.717, 1.165) is 33.3 Å².